The zero-order valence-electron chi connectivity index (χ0n) is 24.3. The minimum absolute atomic E-state index is 0.0156. The van der Waals surface area contributed by atoms with Gasteiger partial charge in [-0.15, -0.1) is 0 Å². The maximum atomic E-state index is 14.2. The van der Waals surface area contributed by atoms with E-state index in [1.807, 2.05) is 53.4 Å². The summed E-state index contributed by atoms with van der Waals surface area (Å²) >= 11 is 0. The Kier molecular flexibility index (Phi) is 8.11. The lowest BCUT2D eigenvalue weighted by atomic mass is 9.77. The number of carbonyl (C=O) groups excluding carboxylic acids is 1. The summed E-state index contributed by atoms with van der Waals surface area (Å²) in [5.74, 6) is 1.12. The summed E-state index contributed by atoms with van der Waals surface area (Å²) in [7, 11) is 3.26. The van der Waals surface area contributed by atoms with Crippen LogP contribution in [0.1, 0.15) is 46.8 Å². The van der Waals surface area contributed by atoms with Crippen LogP contribution >= 0.6 is 0 Å². The number of ether oxygens (including phenoxy) is 3. The zero-order valence-corrected chi connectivity index (χ0v) is 24.3. The van der Waals surface area contributed by atoms with E-state index in [0.29, 0.717) is 32.0 Å². The number of hydrogen-bond donors (Lipinski definition) is 0. The normalized spacial score (nSPS) is 20.9. The smallest absolute Gasteiger partial charge is 0.293 e. The number of nitro benzene ring substituents is 1. The van der Waals surface area contributed by atoms with Gasteiger partial charge in [0.1, 0.15) is 17.2 Å². The van der Waals surface area contributed by atoms with Crippen molar-refractivity contribution in [2.24, 2.45) is 11.0 Å². The zero-order chi connectivity index (χ0) is 29.9. The Morgan fingerprint density at radius 1 is 1.00 bits per heavy atom. The molecule has 3 aromatic rings. The van der Waals surface area contributed by atoms with Gasteiger partial charge in [-0.05, 0) is 78.4 Å². The largest absolute Gasteiger partial charge is 0.497 e. The highest BCUT2D eigenvalue weighted by atomic mass is 16.6. The molecule has 1 saturated heterocycles. The second-order valence-electron chi connectivity index (χ2n) is 10.9. The van der Waals surface area contributed by atoms with Gasteiger partial charge in [0.25, 0.3) is 11.6 Å². The Balaban J connectivity index is 1.39. The number of nitro groups is 1. The molecule has 2 atom stereocenters. The lowest BCUT2D eigenvalue weighted by molar-refractivity contribution is -0.384. The van der Waals surface area contributed by atoms with Crippen molar-refractivity contribution in [3.05, 3.63) is 99.1 Å². The fraction of sp³-hybridized carbons (Fsp3) is 0.333. The van der Waals surface area contributed by atoms with Crippen LogP contribution in [-0.4, -0.2) is 62.1 Å². The second kappa shape index (κ2) is 12.3. The number of allylic oxidation sites excluding steroid dienone is 1. The molecule has 2 heterocycles. The van der Waals surface area contributed by atoms with Crippen molar-refractivity contribution in [1.82, 2.24) is 5.01 Å². The first-order valence-electron chi connectivity index (χ1n) is 14.5. The summed E-state index contributed by atoms with van der Waals surface area (Å²) in [4.78, 5) is 27.8. The van der Waals surface area contributed by atoms with Gasteiger partial charge in [0.05, 0.1) is 44.1 Å². The first-order chi connectivity index (χ1) is 21.0. The quantitative estimate of drug-likeness (QED) is 0.253. The van der Waals surface area contributed by atoms with E-state index in [4.69, 9.17) is 19.3 Å². The van der Waals surface area contributed by atoms with E-state index in [2.05, 4.69) is 6.08 Å². The lowest BCUT2D eigenvalue weighted by Gasteiger charge is -2.30. The molecule has 0 N–H and O–H groups in total. The number of amides is 1. The van der Waals surface area contributed by atoms with Crippen molar-refractivity contribution in [3.63, 3.8) is 0 Å². The predicted molar refractivity (Wildman–Crippen MR) is 164 cm³/mol. The number of hydrazone groups is 1. The van der Waals surface area contributed by atoms with Gasteiger partial charge in [-0.3, -0.25) is 14.9 Å². The summed E-state index contributed by atoms with van der Waals surface area (Å²) in [6.07, 6.45) is 4.80. The third-order valence-corrected chi connectivity index (χ3v) is 8.39. The Morgan fingerprint density at radius 2 is 1.67 bits per heavy atom. The van der Waals surface area contributed by atoms with Gasteiger partial charge in [0.2, 0.25) is 0 Å². The van der Waals surface area contributed by atoms with Gasteiger partial charge in [0, 0.05) is 30.6 Å². The summed E-state index contributed by atoms with van der Waals surface area (Å²) in [6.45, 7) is 2.11. The number of anilines is 1. The van der Waals surface area contributed by atoms with Crippen molar-refractivity contribution in [1.29, 1.82) is 0 Å². The summed E-state index contributed by atoms with van der Waals surface area (Å²) in [6, 6.07) is 19.9. The van der Waals surface area contributed by atoms with E-state index in [-0.39, 0.29) is 29.1 Å². The molecule has 0 bridgehead atoms. The number of rotatable bonds is 7. The van der Waals surface area contributed by atoms with Crippen LogP contribution in [0.3, 0.4) is 0 Å². The standard InChI is InChI=1S/C33H34N4O6/c1-41-26-11-6-22(7-12-26)20-24-4-3-5-28-31(24)34-36(32(28)23-8-13-27(42-2)14-9-23)33(38)25-10-15-29(30(21-25)37(39)40)35-16-18-43-19-17-35/h6-15,20-21,28,32H,3-5,16-19H2,1-2H3/b24-20+/t28-,32-/m0/s1. The molecule has 0 unspecified atom stereocenters. The average Bonchev–Trinajstić information content (AvgIpc) is 3.45. The van der Waals surface area contributed by atoms with Crippen LogP contribution in [0.5, 0.6) is 11.5 Å². The molecule has 0 spiro atoms. The number of hydrogen-bond acceptors (Lipinski definition) is 8. The van der Waals surface area contributed by atoms with Gasteiger partial charge >= 0.3 is 0 Å². The van der Waals surface area contributed by atoms with E-state index in [1.165, 1.54) is 11.1 Å². The third kappa shape index (κ3) is 5.70. The Bertz CT molecular complexity index is 1560. The van der Waals surface area contributed by atoms with Crippen LogP contribution in [0.4, 0.5) is 11.4 Å². The van der Waals surface area contributed by atoms with Crippen molar-refractivity contribution < 1.29 is 23.9 Å². The third-order valence-electron chi connectivity index (χ3n) is 8.39. The molecule has 43 heavy (non-hydrogen) atoms. The van der Waals surface area contributed by atoms with Crippen LogP contribution in [-0.2, 0) is 4.74 Å². The van der Waals surface area contributed by atoms with Crippen molar-refractivity contribution in [2.75, 3.05) is 45.4 Å². The molecule has 10 nitrogen and oxygen atoms in total. The fourth-order valence-corrected chi connectivity index (χ4v) is 6.21. The van der Waals surface area contributed by atoms with E-state index >= 15 is 0 Å². The SMILES string of the molecule is COc1ccc(/C=C2\CCC[C@H]3C2=NN(C(=O)c2ccc(N4CCOCC4)c([N+](=O)[O-])c2)[C@H]3c2ccc(OC)cc2)cc1. The second-order valence-corrected chi connectivity index (χ2v) is 10.9. The van der Waals surface area contributed by atoms with Gasteiger partial charge in [-0.1, -0.05) is 24.3 Å². The number of methoxy groups -OCH3 is 2. The summed E-state index contributed by atoms with van der Waals surface area (Å²) < 4.78 is 16.1. The molecule has 1 aliphatic carbocycles. The van der Waals surface area contributed by atoms with E-state index in [1.54, 1.807) is 26.4 Å². The van der Waals surface area contributed by atoms with E-state index in [9.17, 15) is 14.9 Å². The number of carbonyl (C=O) groups is 1. The Labute approximate surface area is 250 Å². The highest BCUT2D eigenvalue weighted by Crippen LogP contribution is 2.45. The maximum Gasteiger partial charge on any atom is 0.293 e. The van der Waals surface area contributed by atoms with Crippen LogP contribution in [0.15, 0.2) is 77.4 Å². The lowest BCUT2D eigenvalue weighted by Crippen LogP contribution is -2.36. The highest BCUT2D eigenvalue weighted by molar-refractivity contribution is 6.09. The molecule has 1 amide bonds. The molecule has 1 saturated carbocycles. The van der Waals surface area contributed by atoms with Crippen LogP contribution in [0, 0.1) is 16.0 Å². The van der Waals surface area contributed by atoms with Crippen molar-refractivity contribution >= 4 is 29.1 Å². The molecule has 222 valence electrons. The number of morpholine rings is 1. The highest BCUT2D eigenvalue weighted by Gasteiger charge is 2.44. The van der Waals surface area contributed by atoms with Crippen LogP contribution < -0.4 is 14.4 Å². The van der Waals surface area contributed by atoms with Gasteiger partial charge in [-0.25, -0.2) is 5.01 Å². The minimum Gasteiger partial charge on any atom is -0.497 e. The number of benzene rings is 3. The molecule has 2 aliphatic heterocycles. The Morgan fingerprint density at radius 3 is 2.33 bits per heavy atom. The van der Waals surface area contributed by atoms with E-state index in [0.717, 1.165) is 53.2 Å². The molecule has 0 aromatic heterocycles. The molecule has 3 aromatic carbocycles. The molecule has 3 aliphatic rings. The first-order valence-corrected chi connectivity index (χ1v) is 14.5. The summed E-state index contributed by atoms with van der Waals surface area (Å²) in [5, 5.41) is 18.6. The molecule has 10 heteroatoms. The maximum absolute atomic E-state index is 14.2. The van der Waals surface area contributed by atoms with Gasteiger partial charge in [0.15, 0.2) is 0 Å². The van der Waals surface area contributed by atoms with Gasteiger partial charge in [-0.2, -0.15) is 5.10 Å². The minimum atomic E-state index is -0.423. The fourth-order valence-electron chi connectivity index (χ4n) is 6.21. The topological polar surface area (TPSA) is 107 Å². The van der Waals surface area contributed by atoms with Crippen LogP contribution in [0.25, 0.3) is 6.08 Å². The van der Waals surface area contributed by atoms with E-state index < -0.39 is 4.92 Å². The number of nitrogens with zero attached hydrogens (tertiary/aromatic N) is 4. The molecule has 2 fully saturated rings. The van der Waals surface area contributed by atoms with Gasteiger partial charge < -0.3 is 19.1 Å². The molecule has 0 radical (unpaired) electrons. The monoisotopic (exact) mass is 582 g/mol. The molecule has 6 rings (SSSR count). The van der Waals surface area contributed by atoms with Crippen molar-refractivity contribution in [3.8, 4) is 11.5 Å². The summed E-state index contributed by atoms with van der Waals surface area (Å²) in [5.41, 5.74) is 4.55. The molecular weight excluding hydrogens is 548 g/mol. The van der Waals surface area contributed by atoms with Crippen molar-refractivity contribution in [2.45, 2.75) is 25.3 Å². The average molecular weight is 583 g/mol. The van der Waals surface area contributed by atoms with Crippen LogP contribution in [0.2, 0.25) is 0 Å². The molecular formula is C33H34N4O6. The Hall–Kier alpha value is -4.70. The number of fused-ring (bicyclic) bond motifs is 1. The predicted octanol–water partition coefficient (Wildman–Crippen LogP) is 5.89. The first kappa shape index (κ1) is 28.4.